The monoisotopic (exact) mass is 327 g/mol. The Balaban J connectivity index is 1.95. The van der Waals surface area contributed by atoms with Crippen molar-refractivity contribution in [2.24, 2.45) is 0 Å². The summed E-state index contributed by atoms with van der Waals surface area (Å²) in [5, 5.41) is 3.26. The van der Waals surface area contributed by atoms with Crippen LogP contribution in [0.3, 0.4) is 0 Å². The van der Waals surface area contributed by atoms with Crippen molar-refractivity contribution in [3.63, 3.8) is 0 Å². The minimum Gasteiger partial charge on any atom is -0.486 e. The quantitative estimate of drug-likeness (QED) is 0.846. The van der Waals surface area contributed by atoms with Crippen LogP contribution in [0.2, 0.25) is 0 Å². The van der Waals surface area contributed by atoms with Gasteiger partial charge in [0.1, 0.15) is 17.5 Å². The molecule has 0 aromatic heterocycles. The highest BCUT2D eigenvalue weighted by Crippen LogP contribution is 2.32. The van der Waals surface area contributed by atoms with Crippen LogP contribution in [0.25, 0.3) is 0 Å². The van der Waals surface area contributed by atoms with Crippen molar-refractivity contribution in [3.8, 4) is 5.75 Å². The van der Waals surface area contributed by atoms with Gasteiger partial charge >= 0.3 is 5.97 Å². The summed E-state index contributed by atoms with van der Waals surface area (Å²) in [7, 11) is 0. The molecule has 1 aliphatic rings. The molecule has 104 valence electrons. The van der Waals surface area contributed by atoms with E-state index in [-0.39, 0.29) is 18.5 Å². The lowest BCUT2D eigenvalue weighted by atomic mass is 10.1. The third-order valence-corrected chi connectivity index (χ3v) is 3.06. The lowest BCUT2D eigenvalue weighted by Gasteiger charge is -2.28. The minimum absolute atomic E-state index is 0.191. The van der Waals surface area contributed by atoms with E-state index in [4.69, 9.17) is 9.47 Å². The van der Waals surface area contributed by atoms with Crippen LogP contribution in [-0.4, -0.2) is 24.2 Å². The van der Waals surface area contributed by atoms with E-state index in [2.05, 4.69) is 21.2 Å². The highest BCUT2D eigenvalue weighted by Gasteiger charge is 2.25. The molecule has 1 N–H and O–H groups in total. The van der Waals surface area contributed by atoms with Gasteiger partial charge in [-0.15, -0.1) is 0 Å². The summed E-state index contributed by atoms with van der Waals surface area (Å²) < 4.78 is 12.1. The highest BCUT2D eigenvalue weighted by atomic mass is 79.9. The summed E-state index contributed by atoms with van der Waals surface area (Å²) in [4.78, 5) is 11.8. The molecular weight excluding hydrogens is 310 g/mol. The molecule has 5 heteroatoms. The molecule has 1 aromatic rings. The average Bonchev–Trinajstić information content (AvgIpc) is 2.26. The molecule has 1 atom stereocenters. The largest absolute Gasteiger partial charge is 0.486 e. The molecular formula is C14H18BrNO3. The van der Waals surface area contributed by atoms with Gasteiger partial charge in [-0.25, -0.2) is 0 Å². The molecule has 0 bridgehead atoms. The fraction of sp³-hybridized carbons (Fsp3) is 0.500. The number of halogens is 1. The summed E-state index contributed by atoms with van der Waals surface area (Å²) in [6.07, 6.45) is 0.0586. The minimum atomic E-state index is -0.456. The average molecular weight is 328 g/mol. The smallest absolute Gasteiger partial charge is 0.310 e. The second kappa shape index (κ2) is 5.41. The molecule has 0 fully saturated rings. The molecule has 1 unspecified atom stereocenters. The van der Waals surface area contributed by atoms with E-state index in [9.17, 15) is 4.79 Å². The summed E-state index contributed by atoms with van der Waals surface area (Å²) in [5.74, 6) is 0.530. The Bertz CT molecular complexity index is 482. The second-order valence-corrected chi connectivity index (χ2v) is 6.47. The van der Waals surface area contributed by atoms with Crippen molar-refractivity contribution in [2.75, 3.05) is 11.9 Å². The summed E-state index contributed by atoms with van der Waals surface area (Å²) in [6, 6.07) is 5.75. The highest BCUT2D eigenvalue weighted by molar-refractivity contribution is 9.10. The van der Waals surface area contributed by atoms with Crippen LogP contribution in [0, 0.1) is 0 Å². The van der Waals surface area contributed by atoms with E-state index < -0.39 is 5.60 Å². The van der Waals surface area contributed by atoms with Gasteiger partial charge in [0.2, 0.25) is 0 Å². The molecule has 1 aromatic carbocycles. The van der Waals surface area contributed by atoms with Gasteiger partial charge in [0, 0.05) is 4.47 Å². The van der Waals surface area contributed by atoms with Gasteiger partial charge in [-0.1, -0.05) is 15.9 Å². The van der Waals surface area contributed by atoms with Crippen molar-refractivity contribution in [1.29, 1.82) is 0 Å². The molecule has 4 nitrogen and oxygen atoms in total. The predicted octanol–water partition coefficient (Wildman–Crippen LogP) is 3.35. The summed E-state index contributed by atoms with van der Waals surface area (Å²) in [5.41, 5.74) is 0.483. The van der Waals surface area contributed by atoms with Crippen LogP contribution in [0.15, 0.2) is 22.7 Å². The normalized spacial score (nSPS) is 18.0. The number of rotatable bonds is 2. The molecule has 0 spiro atoms. The lowest BCUT2D eigenvalue weighted by molar-refractivity contribution is -0.156. The van der Waals surface area contributed by atoms with Gasteiger partial charge in [-0.2, -0.15) is 0 Å². The first-order valence-corrected chi connectivity index (χ1v) is 7.05. The van der Waals surface area contributed by atoms with Crippen LogP contribution in [-0.2, 0) is 9.53 Å². The first-order chi connectivity index (χ1) is 8.83. The Hall–Kier alpha value is -1.23. The zero-order valence-electron chi connectivity index (χ0n) is 11.3. The fourth-order valence-corrected chi connectivity index (χ4v) is 2.23. The third-order valence-electron chi connectivity index (χ3n) is 2.57. The molecule has 0 amide bonds. The van der Waals surface area contributed by atoms with E-state index >= 15 is 0 Å². The Morgan fingerprint density at radius 1 is 1.53 bits per heavy atom. The molecule has 19 heavy (non-hydrogen) atoms. The van der Waals surface area contributed by atoms with Crippen LogP contribution in [0.1, 0.15) is 27.2 Å². The number of fused-ring (bicyclic) bond motifs is 1. The maximum absolute atomic E-state index is 11.8. The number of hydrogen-bond acceptors (Lipinski definition) is 4. The zero-order chi connectivity index (χ0) is 14.0. The van der Waals surface area contributed by atoms with Gasteiger partial charge < -0.3 is 14.8 Å². The van der Waals surface area contributed by atoms with Crippen LogP contribution in [0.5, 0.6) is 5.75 Å². The van der Waals surface area contributed by atoms with Gasteiger partial charge in [0.15, 0.2) is 0 Å². The van der Waals surface area contributed by atoms with Crippen LogP contribution < -0.4 is 10.1 Å². The number of benzene rings is 1. The van der Waals surface area contributed by atoms with Gasteiger partial charge in [-0.05, 0) is 39.0 Å². The first-order valence-electron chi connectivity index (χ1n) is 6.25. The summed E-state index contributed by atoms with van der Waals surface area (Å²) >= 11 is 3.41. The van der Waals surface area contributed by atoms with E-state index in [1.807, 2.05) is 39.0 Å². The van der Waals surface area contributed by atoms with E-state index in [0.29, 0.717) is 6.54 Å². The van der Waals surface area contributed by atoms with Gasteiger partial charge in [0.05, 0.1) is 18.7 Å². The predicted molar refractivity (Wildman–Crippen MR) is 77.5 cm³/mol. The van der Waals surface area contributed by atoms with Crippen molar-refractivity contribution in [1.82, 2.24) is 0 Å². The topological polar surface area (TPSA) is 47.6 Å². The third kappa shape index (κ3) is 4.13. The lowest BCUT2D eigenvalue weighted by Crippen LogP contribution is -2.35. The number of hydrogen-bond donors (Lipinski definition) is 1. The standard InChI is InChI=1S/C14H18BrNO3/c1-14(2,3)19-13(17)7-10-8-16-11-6-9(15)4-5-12(11)18-10/h4-6,10,16H,7-8H2,1-3H3. The molecule has 2 rings (SSSR count). The number of ether oxygens (including phenoxy) is 2. The molecule has 0 radical (unpaired) electrons. The molecule has 0 saturated heterocycles. The molecule has 0 saturated carbocycles. The Kier molecular flexibility index (Phi) is 4.04. The Labute approximate surface area is 121 Å². The second-order valence-electron chi connectivity index (χ2n) is 5.55. The zero-order valence-corrected chi connectivity index (χ0v) is 12.9. The number of nitrogens with one attached hydrogen (secondary N) is 1. The van der Waals surface area contributed by atoms with E-state index in [0.717, 1.165) is 15.9 Å². The maximum Gasteiger partial charge on any atom is 0.310 e. The van der Waals surface area contributed by atoms with Crippen molar-refractivity contribution in [3.05, 3.63) is 22.7 Å². The van der Waals surface area contributed by atoms with Crippen molar-refractivity contribution in [2.45, 2.75) is 38.9 Å². The Morgan fingerprint density at radius 2 is 2.26 bits per heavy atom. The van der Waals surface area contributed by atoms with Crippen LogP contribution in [0.4, 0.5) is 5.69 Å². The number of carbonyl (C=O) groups excluding carboxylic acids is 1. The number of anilines is 1. The summed E-state index contributed by atoms with van der Waals surface area (Å²) in [6.45, 7) is 6.18. The first kappa shape index (κ1) is 14.2. The SMILES string of the molecule is CC(C)(C)OC(=O)CC1CNc2cc(Br)ccc2O1. The number of esters is 1. The number of carbonyl (C=O) groups is 1. The van der Waals surface area contributed by atoms with Gasteiger partial charge in [-0.3, -0.25) is 4.79 Å². The van der Waals surface area contributed by atoms with Crippen molar-refractivity contribution >= 4 is 27.6 Å². The Morgan fingerprint density at radius 3 is 2.95 bits per heavy atom. The van der Waals surface area contributed by atoms with Crippen molar-refractivity contribution < 1.29 is 14.3 Å². The molecule has 1 aliphatic heterocycles. The van der Waals surface area contributed by atoms with Gasteiger partial charge in [0.25, 0.3) is 0 Å². The fourth-order valence-electron chi connectivity index (χ4n) is 1.87. The van der Waals surface area contributed by atoms with E-state index in [1.165, 1.54) is 0 Å². The maximum atomic E-state index is 11.8. The molecule has 0 aliphatic carbocycles. The van der Waals surface area contributed by atoms with E-state index in [1.54, 1.807) is 0 Å². The molecule has 1 heterocycles. The van der Waals surface area contributed by atoms with Crippen LogP contribution >= 0.6 is 15.9 Å².